The van der Waals surface area contributed by atoms with Crippen molar-refractivity contribution in [2.45, 2.75) is 19.3 Å². The lowest BCUT2D eigenvalue weighted by atomic mass is 10.2. The predicted molar refractivity (Wildman–Crippen MR) is 65.3 cm³/mol. The van der Waals surface area contributed by atoms with Crippen LogP contribution in [-0.4, -0.2) is 9.78 Å². The Balaban J connectivity index is 2.23. The van der Waals surface area contributed by atoms with Gasteiger partial charge in [-0.3, -0.25) is 0 Å². The van der Waals surface area contributed by atoms with Crippen LogP contribution in [0.25, 0.3) is 5.69 Å². The molecular weight excluding hydrogens is 234 g/mol. The summed E-state index contributed by atoms with van der Waals surface area (Å²) < 4.78 is 1.67. The average molecular weight is 244 g/mol. The third-order valence-corrected chi connectivity index (χ3v) is 3.41. The molecule has 0 amide bonds. The van der Waals surface area contributed by atoms with Crippen molar-refractivity contribution in [3.8, 4) is 11.8 Å². The molecule has 3 rings (SSSR count). The Morgan fingerprint density at radius 3 is 2.88 bits per heavy atom. The fraction of sp³-hybridized carbons (Fsp3) is 0.231. The van der Waals surface area contributed by atoms with Gasteiger partial charge in [0.15, 0.2) is 0 Å². The molecule has 0 N–H and O–H groups in total. The highest BCUT2D eigenvalue weighted by Gasteiger charge is 2.23. The summed E-state index contributed by atoms with van der Waals surface area (Å²) in [4.78, 5) is 0. The maximum Gasteiger partial charge on any atom is 0.147 e. The van der Waals surface area contributed by atoms with E-state index in [2.05, 4.69) is 11.2 Å². The molecule has 1 aromatic heterocycles. The monoisotopic (exact) mass is 243 g/mol. The molecule has 1 heterocycles. The first kappa shape index (κ1) is 10.4. The van der Waals surface area contributed by atoms with E-state index in [1.54, 1.807) is 4.68 Å². The second-order valence-electron chi connectivity index (χ2n) is 4.10. The van der Waals surface area contributed by atoms with Gasteiger partial charge in [-0.05, 0) is 31.4 Å². The number of rotatable bonds is 1. The fourth-order valence-corrected chi connectivity index (χ4v) is 2.52. The van der Waals surface area contributed by atoms with E-state index in [4.69, 9.17) is 11.6 Å². The lowest BCUT2D eigenvalue weighted by molar-refractivity contribution is 0.792. The smallest absolute Gasteiger partial charge is 0.147 e. The summed E-state index contributed by atoms with van der Waals surface area (Å²) in [5, 5.41) is 14.4. The minimum Gasteiger partial charge on any atom is -0.221 e. The van der Waals surface area contributed by atoms with E-state index >= 15 is 0 Å². The van der Waals surface area contributed by atoms with Crippen molar-refractivity contribution in [3.05, 3.63) is 46.2 Å². The molecule has 1 aliphatic rings. The van der Waals surface area contributed by atoms with Crippen LogP contribution >= 0.6 is 11.6 Å². The number of aromatic nitrogens is 2. The highest BCUT2D eigenvalue weighted by Crippen LogP contribution is 2.28. The maximum absolute atomic E-state index is 9.27. The van der Waals surface area contributed by atoms with E-state index in [9.17, 15) is 5.26 Å². The van der Waals surface area contributed by atoms with Gasteiger partial charge in [0.25, 0.3) is 0 Å². The van der Waals surface area contributed by atoms with Crippen LogP contribution in [0.1, 0.15) is 23.4 Å². The Kier molecular flexibility index (Phi) is 2.38. The molecule has 0 radical (unpaired) electrons. The number of aryl methyl sites for hydroxylation is 1. The summed E-state index contributed by atoms with van der Waals surface area (Å²) in [6.45, 7) is 0. The number of para-hydroxylation sites is 1. The zero-order valence-corrected chi connectivity index (χ0v) is 9.91. The zero-order valence-electron chi connectivity index (χ0n) is 9.15. The van der Waals surface area contributed by atoms with Gasteiger partial charge in [0.1, 0.15) is 11.8 Å². The molecule has 0 saturated heterocycles. The number of halogens is 1. The molecule has 3 nitrogen and oxygen atoms in total. The number of hydrogen-bond acceptors (Lipinski definition) is 2. The van der Waals surface area contributed by atoms with Crippen molar-refractivity contribution in [1.29, 1.82) is 5.26 Å². The van der Waals surface area contributed by atoms with Crippen LogP contribution in [-0.2, 0) is 12.8 Å². The van der Waals surface area contributed by atoms with E-state index < -0.39 is 0 Å². The lowest BCUT2D eigenvalue weighted by Crippen LogP contribution is -2.02. The molecule has 0 saturated carbocycles. The van der Waals surface area contributed by atoms with Crippen molar-refractivity contribution in [3.63, 3.8) is 0 Å². The molecular formula is C13H10ClN3. The first-order valence-corrected chi connectivity index (χ1v) is 5.95. The Morgan fingerprint density at radius 1 is 1.29 bits per heavy atom. The molecule has 0 fully saturated rings. The lowest BCUT2D eigenvalue weighted by Gasteiger charge is -2.05. The van der Waals surface area contributed by atoms with E-state index in [1.165, 1.54) is 0 Å². The van der Waals surface area contributed by atoms with Gasteiger partial charge in [0.2, 0.25) is 0 Å². The summed E-state index contributed by atoms with van der Waals surface area (Å²) in [5.41, 5.74) is 3.54. The molecule has 4 heteroatoms. The van der Waals surface area contributed by atoms with Gasteiger partial charge in [-0.15, -0.1) is 0 Å². The zero-order chi connectivity index (χ0) is 11.8. The molecule has 84 valence electrons. The summed E-state index contributed by atoms with van der Waals surface area (Å²) in [6, 6.07) is 9.70. The molecule has 1 aromatic carbocycles. The van der Waals surface area contributed by atoms with Gasteiger partial charge in [-0.25, -0.2) is 4.68 Å². The highest BCUT2D eigenvalue weighted by atomic mass is 35.5. The number of nitrogens with zero attached hydrogens (tertiary/aromatic N) is 3. The summed E-state index contributed by atoms with van der Waals surface area (Å²) in [7, 11) is 0. The van der Waals surface area contributed by atoms with E-state index in [-0.39, 0.29) is 0 Å². The minimum absolute atomic E-state index is 0.616. The molecule has 2 aromatic rings. The first-order chi connectivity index (χ1) is 8.31. The standard InChI is InChI=1S/C13H10ClN3/c14-10-5-1-2-7-12(10)17-13(8-15)9-4-3-6-11(9)16-17/h1-2,5,7H,3-4,6H2. The Hall–Kier alpha value is -1.79. The summed E-state index contributed by atoms with van der Waals surface area (Å²) in [6.07, 6.45) is 3.00. The van der Waals surface area contributed by atoms with Crippen molar-refractivity contribution in [1.82, 2.24) is 9.78 Å². The maximum atomic E-state index is 9.27. The number of benzene rings is 1. The second-order valence-corrected chi connectivity index (χ2v) is 4.51. The van der Waals surface area contributed by atoms with Crippen LogP contribution < -0.4 is 0 Å². The van der Waals surface area contributed by atoms with Crippen LogP contribution in [0.15, 0.2) is 24.3 Å². The number of nitriles is 1. The first-order valence-electron chi connectivity index (χ1n) is 5.57. The predicted octanol–water partition coefficient (Wildman–Crippen LogP) is 2.89. The van der Waals surface area contributed by atoms with Crippen LogP contribution in [0.5, 0.6) is 0 Å². The molecule has 17 heavy (non-hydrogen) atoms. The molecule has 1 aliphatic carbocycles. The van der Waals surface area contributed by atoms with Crippen molar-refractivity contribution >= 4 is 11.6 Å². The molecule has 0 spiro atoms. The van der Waals surface area contributed by atoms with Gasteiger partial charge in [-0.1, -0.05) is 23.7 Å². The SMILES string of the molecule is N#Cc1c2c(nn1-c1ccccc1Cl)CCC2. The molecule has 0 atom stereocenters. The van der Waals surface area contributed by atoms with Gasteiger partial charge in [0.05, 0.1) is 16.4 Å². The van der Waals surface area contributed by atoms with Gasteiger partial charge in [-0.2, -0.15) is 10.4 Å². The second kappa shape index (κ2) is 3.90. The van der Waals surface area contributed by atoms with Gasteiger partial charge < -0.3 is 0 Å². The van der Waals surface area contributed by atoms with Gasteiger partial charge >= 0.3 is 0 Å². The van der Waals surface area contributed by atoms with E-state index in [0.29, 0.717) is 10.7 Å². The highest BCUT2D eigenvalue weighted by molar-refractivity contribution is 6.32. The average Bonchev–Trinajstić information content (AvgIpc) is 2.89. The fourth-order valence-electron chi connectivity index (χ4n) is 2.30. The number of fused-ring (bicyclic) bond motifs is 1. The third-order valence-electron chi connectivity index (χ3n) is 3.09. The van der Waals surface area contributed by atoms with Crippen molar-refractivity contribution < 1.29 is 0 Å². The van der Waals surface area contributed by atoms with Crippen LogP contribution in [0.3, 0.4) is 0 Å². The topological polar surface area (TPSA) is 41.6 Å². The van der Waals surface area contributed by atoms with Crippen LogP contribution in [0, 0.1) is 11.3 Å². The number of hydrogen-bond donors (Lipinski definition) is 0. The molecule has 0 unspecified atom stereocenters. The van der Waals surface area contributed by atoms with E-state index in [0.717, 1.165) is 36.2 Å². The quantitative estimate of drug-likeness (QED) is 0.773. The van der Waals surface area contributed by atoms with Crippen molar-refractivity contribution in [2.75, 3.05) is 0 Å². The van der Waals surface area contributed by atoms with Crippen LogP contribution in [0.4, 0.5) is 0 Å². The summed E-state index contributed by atoms with van der Waals surface area (Å²) in [5.74, 6) is 0. The van der Waals surface area contributed by atoms with Crippen molar-refractivity contribution in [2.24, 2.45) is 0 Å². The molecule has 0 aliphatic heterocycles. The molecule has 0 bridgehead atoms. The van der Waals surface area contributed by atoms with E-state index in [1.807, 2.05) is 24.3 Å². The largest absolute Gasteiger partial charge is 0.221 e. The Morgan fingerprint density at radius 2 is 2.12 bits per heavy atom. The van der Waals surface area contributed by atoms with Gasteiger partial charge in [0, 0.05) is 5.56 Å². The Labute approximate surface area is 104 Å². The Bertz CT molecular complexity index is 622. The van der Waals surface area contributed by atoms with Crippen LogP contribution in [0.2, 0.25) is 5.02 Å². The third kappa shape index (κ3) is 1.53. The summed E-state index contributed by atoms with van der Waals surface area (Å²) >= 11 is 6.14. The normalized spacial score (nSPS) is 13.4. The minimum atomic E-state index is 0.616.